The zero-order valence-corrected chi connectivity index (χ0v) is 14.2. The topological polar surface area (TPSA) is 52.2 Å². The number of hydrogen-bond donors (Lipinski definition) is 1. The number of carbonyl (C=O) groups excluding carboxylic acids is 1. The normalized spacial score (nSPS) is 18.3. The Hall–Kier alpha value is -1.85. The molecule has 3 rings (SSSR count). The van der Waals surface area contributed by atoms with Gasteiger partial charge in [0, 0.05) is 38.1 Å². The molecule has 1 unspecified atom stereocenters. The van der Waals surface area contributed by atoms with Gasteiger partial charge in [0.1, 0.15) is 0 Å². The fourth-order valence-electron chi connectivity index (χ4n) is 3.10. The van der Waals surface area contributed by atoms with Crippen molar-refractivity contribution in [2.45, 2.75) is 18.9 Å². The van der Waals surface area contributed by atoms with Crippen molar-refractivity contribution in [2.75, 3.05) is 27.2 Å². The molecule has 2 aromatic rings. The van der Waals surface area contributed by atoms with Crippen molar-refractivity contribution in [3.63, 3.8) is 0 Å². The second-order valence-electron chi connectivity index (χ2n) is 6.21. The van der Waals surface area contributed by atoms with E-state index in [4.69, 9.17) is 11.6 Å². The van der Waals surface area contributed by atoms with Crippen LogP contribution in [0.25, 0.3) is 0 Å². The van der Waals surface area contributed by atoms with Crippen molar-refractivity contribution in [3.05, 3.63) is 52.3 Å². The molecule has 1 aliphatic rings. The van der Waals surface area contributed by atoms with Crippen LogP contribution in [0.4, 0.5) is 0 Å². The lowest BCUT2D eigenvalue weighted by Gasteiger charge is -2.17. The summed E-state index contributed by atoms with van der Waals surface area (Å²) in [6.07, 6.45) is 2.65. The summed E-state index contributed by atoms with van der Waals surface area (Å²) in [6, 6.07) is 7.94. The van der Waals surface area contributed by atoms with Gasteiger partial charge in [0.15, 0.2) is 0 Å². The number of aromatic amines is 1. The van der Waals surface area contributed by atoms with Crippen molar-refractivity contribution in [3.8, 4) is 0 Å². The molecule has 1 amide bonds. The molecule has 1 saturated heterocycles. The van der Waals surface area contributed by atoms with Gasteiger partial charge in [0.2, 0.25) is 0 Å². The van der Waals surface area contributed by atoms with Crippen LogP contribution in [0.15, 0.2) is 30.5 Å². The Morgan fingerprint density at radius 1 is 1.43 bits per heavy atom. The van der Waals surface area contributed by atoms with Gasteiger partial charge >= 0.3 is 0 Å². The summed E-state index contributed by atoms with van der Waals surface area (Å²) >= 11 is 6.25. The Labute approximate surface area is 141 Å². The first-order valence-corrected chi connectivity index (χ1v) is 8.14. The fourth-order valence-corrected chi connectivity index (χ4v) is 3.29. The minimum Gasteiger partial charge on any atom is -0.345 e. The molecule has 5 nitrogen and oxygen atoms in total. The lowest BCUT2D eigenvalue weighted by atomic mass is 10.0. The van der Waals surface area contributed by atoms with Crippen LogP contribution in [0.5, 0.6) is 0 Å². The summed E-state index contributed by atoms with van der Waals surface area (Å²) in [5.41, 5.74) is 2.77. The SMILES string of the molecule is CN(C)C(=O)c1cn[nH]c1C1CCN(Cc2ccccc2Cl)C1. The first-order chi connectivity index (χ1) is 11.1. The van der Waals surface area contributed by atoms with Crippen LogP contribution in [0.1, 0.15) is 34.0 Å². The number of H-pyrrole nitrogens is 1. The molecule has 0 saturated carbocycles. The third-order valence-electron chi connectivity index (χ3n) is 4.34. The van der Waals surface area contributed by atoms with E-state index in [0.717, 1.165) is 42.3 Å². The highest BCUT2D eigenvalue weighted by atomic mass is 35.5. The molecule has 1 aromatic carbocycles. The van der Waals surface area contributed by atoms with E-state index in [9.17, 15) is 4.79 Å². The highest BCUT2D eigenvalue weighted by molar-refractivity contribution is 6.31. The molecular formula is C17H21ClN4O. The van der Waals surface area contributed by atoms with E-state index in [0.29, 0.717) is 11.5 Å². The van der Waals surface area contributed by atoms with E-state index in [1.54, 1.807) is 25.2 Å². The van der Waals surface area contributed by atoms with Crippen molar-refractivity contribution in [2.24, 2.45) is 0 Å². The minimum atomic E-state index is -0.00157. The molecule has 1 aromatic heterocycles. The summed E-state index contributed by atoms with van der Waals surface area (Å²) < 4.78 is 0. The van der Waals surface area contributed by atoms with Crippen LogP contribution in [0, 0.1) is 0 Å². The maximum absolute atomic E-state index is 12.2. The number of hydrogen-bond acceptors (Lipinski definition) is 3. The Kier molecular flexibility index (Phi) is 4.68. The maximum Gasteiger partial charge on any atom is 0.256 e. The lowest BCUT2D eigenvalue weighted by Crippen LogP contribution is -2.24. The van der Waals surface area contributed by atoms with E-state index in [1.807, 2.05) is 18.2 Å². The smallest absolute Gasteiger partial charge is 0.256 e. The predicted octanol–water partition coefficient (Wildman–Crippen LogP) is 2.75. The number of rotatable bonds is 4. The zero-order chi connectivity index (χ0) is 16.4. The van der Waals surface area contributed by atoms with Crippen LogP contribution in [-0.2, 0) is 6.54 Å². The molecule has 122 valence electrons. The Morgan fingerprint density at radius 3 is 2.96 bits per heavy atom. The summed E-state index contributed by atoms with van der Waals surface area (Å²) in [7, 11) is 3.52. The van der Waals surface area contributed by atoms with E-state index < -0.39 is 0 Å². The van der Waals surface area contributed by atoms with E-state index >= 15 is 0 Å². The summed E-state index contributed by atoms with van der Waals surface area (Å²) in [5, 5.41) is 7.92. The van der Waals surface area contributed by atoms with Crippen LogP contribution in [0.2, 0.25) is 5.02 Å². The zero-order valence-electron chi connectivity index (χ0n) is 13.4. The fraction of sp³-hybridized carbons (Fsp3) is 0.412. The van der Waals surface area contributed by atoms with Gasteiger partial charge in [-0.25, -0.2) is 0 Å². The van der Waals surface area contributed by atoms with Crippen LogP contribution >= 0.6 is 11.6 Å². The van der Waals surface area contributed by atoms with E-state index in [2.05, 4.69) is 21.2 Å². The van der Waals surface area contributed by atoms with Crippen molar-refractivity contribution >= 4 is 17.5 Å². The molecule has 0 spiro atoms. The number of nitrogens with zero attached hydrogens (tertiary/aromatic N) is 3. The van der Waals surface area contributed by atoms with E-state index in [-0.39, 0.29) is 5.91 Å². The standard InChI is InChI=1S/C17H21ClN4O/c1-21(2)17(23)14-9-19-20-16(14)13-7-8-22(11-13)10-12-5-3-4-6-15(12)18/h3-6,9,13H,7-8,10-11H2,1-2H3,(H,19,20). The van der Waals surface area contributed by atoms with Gasteiger partial charge in [-0.15, -0.1) is 0 Å². The van der Waals surface area contributed by atoms with Crippen LogP contribution in [-0.4, -0.2) is 53.1 Å². The molecule has 2 heterocycles. The molecule has 6 heteroatoms. The minimum absolute atomic E-state index is 0.00157. The molecule has 1 fully saturated rings. The van der Waals surface area contributed by atoms with Gasteiger partial charge in [-0.1, -0.05) is 29.8 Å². The Balaban J connectivity index is 1.70. The summed E-state index contributed by atoms with van der Waals surface area (Å²) in [4.78, 5) is 16.2. The molecular weight excluding hydrogens is 312 g/mol. The van der Waals surface area contributed by atoms with Gasteiger partial charge < -0.3 is 4.90 Å². The summed E-state index contributed by atoms with van der Waals surface area (Å²) in [6.45, 7) is 2.73. The number of aromatic nitrogens is 2. The highest BCUT2D eigenvalue weighted by Gasteiger charge is 2.29. The number of benzene rings is 1. The number of amides is 1. The number of likely N-dealkylation sites (tertiary alicyclic amines) is 1. The molecule has 23 heavy (non-hydrogen) atoms. The predicted molar refractivity (Wildman–Crippen MR) is 90.7 cm³/mol. The Morgan fingerprint density at radius 2 is 2.22 bits per heavy atom. The number of carbonyl (C=O) groups is 1. The average Bonchev–Trinajstić information content (AvgIpc) is 3.17. The third kappa shape index (κ3) is 3.41. The van der Waals surface area contributed by atoms with E-state index in [1.165, 1.54) is 0 Å². The highest BCUT2D eigenvalue weighted by Crippen LogP contribution is 2.30. The van der Waals surface area contributed by atoms with Crippen molar-refractivity contribution < 1.29 is 4.79 Å². The molecule has 0 radical (unpaired) electrons. The molecule has 1 atom stereocenters. The molecule has 1 N–H and O–H groups in total. The van der Waals surface area contributed by atoms with Gasteiger partial charge in [-0.3, -0.25) is 14.8 Å². The molecule has 0 aliphatic carbocycles. The molecule has 0 bridgehead atoms. The maximum atomic E-state index is 12.2. The summed E-state index contributed by atoms with van der Waals surface area (Å²) in [5.74, 6) is 0.303. The monoisotopic (exact) mass is 332 g/mol. The largest absolute Gasteiger partial charge is 0.345 e. The second-order valence-corrected chi connectivity index (χ2v) is 6.62. The van der Waals surface area contributed by atoms with Crippen molar-refractivity contribution in [1.29, 1.82) is 0 Å². The first-order valence-electron chi connectivity index (χ1n) is 7.77. The van der Waals surface area contributed by atoms with Gasteiger partial charge in [0.05, 0.1) is 17.5 Å². The first kappa shape index (κ1) is 16.0. The molecule has 1 aliphatic heterocycles. The van der Waals surface area contributed by atoms with Crippen LogP contribution < -0.4 is 0 Å². The van der Waals surface area contributed by atoms with Crippen LogP contribution in [0.3, 0.4) is 0 Å². The third-order valence-corrected chi connectivity index (χ3v) is 4.71. The quantitative estimate of drug-likeness (QED) is 0.936. The number of halogens is 1. The lowest BCUT2D eigenvalue weighted by molar-refractivity contribution is 0.0826. The van der Waals surface area contributed by atoms with Gasteiger partial charge in [-0.05, 0) is 24.6 Å². The average molecular weight is 333 g/mol. The van der Waals surface area contributed by atoms with Gasteiger partial charge in [-0.2, -0.15) is 5.10 Å². The van der Waals surface area contributed by atoms with Gasteiger partial charge in [0.25, 0.3) is 5.91 Å². The number of nitrogens with one attached hydrogen (secondary N) is 1. The second kappa shape index (κ2) is 6.72. The van der Waals surface area contributed by atoms with Crippen molar-refractivity contribution in [1.82, 2.24) is 20.0 Å². The Bertz CT molecular complexity index is 697.